The Morgan fingerprint density at radius 3 is 2.58 bits per heavy atom. The minimum absolute atomic E-state index is 0.0229. The summed E-state index contributed by atoms with van der Waals surface area (Å²) in [6, 6.07) is 6.72. The van der Waals surface area contributed by atoms with Crippen molar-refractivity contribution in [2.45, 2.75) is 4.90 Å². The van der Waals surface area contributed by atoms with Gasteiger partial charge in [0, 0.05) is 10.5 Å². The van der Waals surface area contributed by atoms with Crippen LogP contribution in [0.3, 0.4) is 0 Å². The van der Waals surface area contributed by atoms with Gasteiger partial charge in [-0.3, -0.25) is 0 Å². The Morgan fingerprint density at radius 2 is 2.00 bits per heavy atom. The highest BCUT2D eigenvalue weighted by Gasteiger charge is 2.10. The fourth-order valence-corrected chi connectivity index (χ4v) is 2.06. The van der Waals surface area contributed by atoms with Crippen LogP contribution in [0.5, 0.6) is 11.6 Å². The van der Waals surface area contributed by atoms with E-state index in [2.05, 4.69) is 20.9 Å². The maximum atomic E-state index is 13.4. The third kappa shape index (κ3) is 3.49. The van der Waals surface area contributed by atoms with Gasteiger partial charge in [-0.2, -0.15) is 0 Å². The average Bonchev–Trinajstić information content (AvgIpc) is 2.33. The summed E-state index contributed by atoms with van der Waals surface area (Å²) in [6.07, 6.45) is 1.04. The van der Waals surface area contributed by atoms with Crippen molar-refractivity contribution in [2.75, 3.05) is 0 Å². The van der Waals surface area contributed by atoms with Crippen LogP contribution in [-0.2, 0) is 10.0 Å². The van der Waals surface area contributed by atoms with Crippen LogP contribution in [0, 0.1) is 5.82 Å². The zero-order valence-electron chi connectivity index (χ0n) is 9.38. The van der Waals surface area contributed by atoms with E-state index >= 15 is 0 Å². The first-order valence-electron chi connectivity index (χ1n) is 4.98. The fourth-order valence-electron chi connectivity index (χ4n) is 1.26. The lowest BCUT2D eigenvalue weighted by Gasteiger charge is -2.06. The van der Waals surface area contributed by atoms with Crippen LogP contribution in [0.1, 0.15) is 0 Å². The van der Waals surface area contributed by atoms with Crippen molar-refractivity contribution in [1.29, 1.82) is 0 Å². The van der Waals surface area contributed by atoms with E-state index < -0.39 is 15.8 Å². The summed E-state index contributed by atoms with van der Waals surface area (Å²) in [6.45, 7) is 0. The Balaban J connectivity index is 2.27. The van der Waals surface area contributed by atoms with Crippen molar-refractivity contribution in [3.63, 3.8) is 0 Å². The number of rotatable bonds is 3. The highest BCUT2D eigenvalue weighted by molar-refractivity contribution is 9.10. The van der Waals surface area contributed by atoms with E-state index in [4.69, 9.17) is 9.88 Å². The van der Waals surface area contributed by atoms with Gasteiger partial charge < -0.3 is 4.74 Å². The smallest absolute Gasteiger partial charge is 0.239 e. The molecule has 1 aromatic carbocycles. The van der Waals surface area contributed by atoms with Crippen LogP contribution < -0.4 is 9.88 Å². The molecule has 0 saturated carbocycles. The number of nitrogens with zero attached hydrogens (tertiary/aromatic N) is 1. The second-order valence-electron chi connectivity index (χ2n) is 3.55. The number of primary sulfonamides is 1. The second kappa shape index (κ2) is 5.24. The van der Waals surface area contributed by atoms with Gasteiger partial charge in [0.1, 0.15) is 4.90 Å². The van der Waals surface area contributed by atoms with Gasteiger partial charge in [0.15, 0.2) is 11.6 Å². The third-order valence-electron chi connectivity index (χ3n) is 2.15. The summed E-state index contributed by atoms with van der Waals surface area (Å²) in [5.41, 5.74) is 0. The lowest BCUT2D eigenvalue weighted by Crippen LogP contribution is -2.12. The van der Waals surface area contributed by atoms with Gasteiger partial charge in [-0.05, 0) is 24.3 Å². The van der Waals surface area contributed by atoms with Gasteiger partial charge in [0.25, 0.3) is 0 Å². The summed E-state index contributed by atoms with van der Waals surface area (Å²) in [5, 5.41) is 4.93. The molecule has 0 spiro atoms. The molecule has 5 nitrogen and oxygen atoms in total. The number of pyridine rings is 1. The molecule has 0 aliphatic carbocycles. The van der Waals surface area contributed by atoms with Gasteiger partial charge in [-0.1, -0.05) is 15.9 Å². The van der Waals surface area contributed by atoms with E-state index in [0.717, 1.165) is 6.20 Å². The van der Waals surface area contributed by atoms with Crippen molar-refractivity contribution >= 4 is 26.0 Å². The number of halogens is 2. The predicted molar refractivity (Wildman–Crippen MR) is 69.8 cm³/mol. The Labute approximate surface area is 117 Å². The minimum atomic E-state index is -3.81. The largest absolute Gasteiger partial charge is 0.436 e. The Hall–Kier alpha value is -1.51. The quantitative estimate of drug-likeness (QED) is 0.925. The van der Waals surface area contributed by atoms with Crippen LogP contribution in [0.15, 0.2) is 45.9 Å². The third-order valence-corrected chi connectivity index (χ3v) is 3.54. The molecule has 0 amide bonds. The normalized spacial score (nSPS) is 11.3. The number of nitrogens with two attached hydrogens (primary N) is 1. The Morgan fingerprint density at radius 1 is 1.26 bits per heavy atom. The van der Waals surface area contributed by atoms with Gasteiger partial charge in [-0.25, -0.2) is 22.9 Å². The topological polar surface area (TPSA) is 82.3 Å². The summed E-state index contributed by atoms with van der Waals surface area (Å²) >= 11 is 3.18. The van der Waals surface area contributed by atoms with Crippen LogP contribution in [0.25, 0.3) is 0 Å². The van der Waals surface area contributed by atoms with Crippen molar-refractivity contribution in [3.05, 3.63) is 46.8 Å². The van der Waals surface area contributed by atoms with Crippen LogP contribution in [0.2, 0.25) is 0 Å². The highest BCUT2D eigenvalue weighted by Crippen LogP contribution is 2.26. The van der Waals surface area contributed by atoms with Crippen molar-refractivity contribution in [1.82, 2.24) is 4.98 Å². The summed E-state index contributed by atoms with van der Waals surface area (Å²) in [7, 11) is -3.81. The molecule has 1 aromatic heterocycles. The maximum absolute atomic E-state index is 13.4. The zero-order valence-corrected chi connectivity index (χ0v) is 11.8. The maximum Gasteiger partial charge on any atom is 0.239 e. The molecule has 0 atom stereocenters. The molecular weight excluding hydrogens is 339 g/mol. The van der Waals surface area contributed by atoms with Crippen LogP contribution >= 0.6 is 15.9 Å². The molecule has 0 radical (unpaired) electrons. The first-order valence-corrected chi connectivity index (χ1v) is 7.32. The number of benzene rings is 1. The van der Waals surface area contributed by atoms with Crippen LogP contribution in [0.4, 0.5) is 4.39 Å². The Kier molecular flexibility index (Phi) is 3.83. The SMILES string of the molecule is NS(=O)(=O)c1ccc(Oc2cc(Br)ccc2F)nc1. The first kappa shape index (κ1) is 13.9. The van der Waals surface area contributed by atoms with E-state index in [1.807, 2.05) is 0 Å². The standard InChI is InChI=1S/C11H8BrFN2O3S/c12-7-1-3-9(13)10(5-7)18-11-4-2-8(6-15-11)19(14,16)17/h1-6H,(H2,14,16,17). The van der Waals surface area contributed by atoms with Gasteiger partial charge in [0.2, 0.25) is 15.9 Å². The van der Waals surface area contributed by atoms with E-state index in [1.54, 1.807) is 0 Å². The number of sulfonamides is 1. The number of aromatic nitrogens is 1. The summed E-state index contributed by atoms with van der Waals surface area (Å²) in [5.74, 6) is -0.518. The molecule has 8 heteroatoms. The van der Waals surface area contributed by atoms with Crippen molar-refractivity contribution in [2.24, 2.45) is 5.14 Å². The van der Waals surface area contributed by atoms with E-state index in [0.29, 0.717) is 4.47 Å². The van der Waals surface area contributed by atoms with Crippen molar-refractivity contribution in [3.8, 4) is 11.6 Å². The number of ether oxygens (including phenoxy) is 1. The molecule has 0 fully saturated rings. The molecule has 19 heavy (non-hydrogen) atoms. The molecule has 100 valence electrons. The summed E-state index contributed by atoms with van der Waals surface area (Å²) < 4.78 is 41.3. The first-order chi connectivity index (χ1) is 8.86. The minimum Gasteiger partial charge on any atom is -0.436 e. The van der Waals surface area contributed by atoms with Gasteiger partial charge in [-0.15, -0.1) is 0 Å². The second-order valence-corrected chi connectivity index (χ2v) is 6.03. The van der Waals surface area contributed by atoms with E-state index in [9.17, 15) is 12.8 Å². The molecule has 0 aliphatic rings. The predicted octanol–water partition coefficient (Wildman–Crippen LogP) is 2.42. The Bertz CT molecular complexity index is 704. The molecule has 2 N–H and O–H groups in total. The zero-order chi connectivity index (χ0) is 14.0. The molecule has 2 rings (SSSR count). The summed E-state index contributed by atoms with van der Waals surface area (Å²) in [4.78, 5) is 3.60. The number of hydrogen-bond donors (Lipinski definition) is 1. The molecule has 0 unspecified atom stereocenters. The highest BCUT2D eigenvalue weighted by atomic mass is 79.9. The molecule has 2 aromatic rings. The molecule has 1 heterocycles. The molecule has 0 aliphatic heterocycles. The van der Waals surface area contributed by atoms with Gasteiger partial charge >= 0.3 is 0 Å². The lowest BCUT2D eigenvalue weighted by molar-refractivity contribution is 0.426. The fraction of sp³-hybridized carbons (Fsp3) is 0. The van der Waals surface area contributed by atoms with Crippen molar-refractivity contribution < 1.29 is 17.5 Å². The molecular formula is C11H8BrFN2O3S. The van der Waals surface area contributed by atoms with E-state index in [-0.39, 0.29) is 16.5 Å². The molecule has 0 saturated heterocycles. The van der Waals surface area contributed by atoms with Crippen LogP contribution in [-0.4, -0.2) is 13.4 Å². The molecule has 0 bridgehead atoms. The average molecular weight is 347 g/mol. The monoisotopic (exact) mass is 346 g/mol. The van der Waals surface area contributed by atoms with E-state index in [1.165, 1.54) is 30.3 Å². The number of hydrogen-bond acceptors (Lipinski definition) is 4. The van der Waals surface area contributed by atoms with Gasteiger partial charge in [0.05, 0.1) is 6.20 Å². The lowest BCUT2D eigenvalue weighted by atomic mass is 10.3.